The molecule has 1 N–H and O–H groups in total. The predicted octanol–water partition coefficient (Wildman–Crippen LogP) is 3.80. The highest BCUT2D eigenvalue weighted by molar-refractivity contribution is 14.0. The van der Waals surface area contributed by atoms with Crippen LogP contribution in [0.3, 0.4) is 0 Å². The fourth-order valence-corrected chi connectivity index (χ4v) is 3.07. The summed E-state index contributed by atoms with van der Waals surface area (Å²) >= 11 is 6.23. The number of hydrogen-bond acceptors (Lipinski definition) is 3. The van der Waals surface area contributed by atoms with E-state index in [1.807, 2.05) is 31.3 Å². The molecule has 1 aliphatic heterocycles. The van der Waals surface area contributed by atoms with Gasteiger partial charge < -0.3 is 19.7 Å². The van der Waals surface area contributed by atoms with Crippen LogP contribution in [0.2, 0.25) is 5.02 Å². The van der Waals surface area contributed by atoms with Crippen molar-refractivity contribution < 1.29 is 9.47 Å². The molecule has 0 unspecified atom stereocenters. The maximum absolute atomic E-state index is 6.23. The summed E-state index contributed by atoms with van der Waals surface area (Å²) in [5.74, 6) is 1.53. The molecule has 1 aromatic carbocycles. The minimum atomic E-state index is 0. The third-order valence-electron chi connectivity index (χ3n) is 4.38. The summed E-state index contributed by atoms with van der Waals surface area (Å²) in [4.78, 5) is 6.41. The van der Waals surface area contributed by atoms with Gasteiger partial charge in [-0.3, -0.25) is 4.99 Å². The maximum atomic E-state index is 6.23. The van der Waals surface area contributed by atoms with E-state index < -0.39 is 0 Å². The van der Waals surface area contributed by atoms with Gasteiger partial charge in [-0.25, -0.2) is 0 Å². The molecule has 1 saturated heterocycles. The zero-order chi connectivity index (χ0) is 17.9. The van der Waals surface area contributed by atoms with E-state index >= 15 is 0 Å². The normalized spacial score (nSPS) is 15.4. The van der Waals surface area contributed by atoms with Gasteiger partial charge in [-0.1, -0.05) is 29.8 Å². The molecule has 148 valence electrons. The summed E-state index contributed by atoms with van der Waals surface area (Å²) in [6.45, 7) is 4.94. The van der Waals surface area contributed by atoms with Crippen molar-refractivity contribution in [2.24, 2.45) is 10.9 Å². The summed E-state index contributed by atoms with van der Waals surface area (Å²) in [7, 11) is 3.81. The molecule has 0 aliphatic carbocycles. The maximum Gasteiger partial charge on any atom is 0.193 e. The van der Waals surface area contributed by atoms with Crippen molar-refractivity contribution in [3.05, 3.63) is 34.9 Å². The quantitative estimate of drug-likeness (QED) is 0.258. The summed E-state index contributed by atoms with van der Waals surface area (Å²) < 4.78 is 11.2. The molecule has 0 bridgehead atoms. The Morgan fingerprint density at radius 1 is 1.35 bits per heavy atom. The third kappa shape index (κ3) is 8.41. The lowest BCUT2D eigenvalue weighted by Crippen LogP contribution is -2.39. The van der Waals surface area contributed by atoms with E-state index in [9.17, 15) is 0 Å². The average Bonchev–Trinajstić information content (AvgIpc) is 2.64. The fourth-order valence-electron chi connectivity index (χ4n) is 2.88. The zero-order valence-corrected chi connectivity index (χ0v) is 18.8. The molecule has 26 heavy (non-hydrogen) atoms. The van der Waals surface area contributed by atoms with E-state index in [2.05, 4.69) is 15.2 Å². The van der Waals surface area contributed by atoms with Crippen LogP contribution in [-0.4, -0.2) is 57.9 Å². The minimum Gasteiger partial charge on any atom is -0.381 e. The van der Waals surface area contributed by atoms with E-state index in [1.54, 1.807) is 7.05 Å². The number of rotatable bonds is 8. The lowest BCUT2D eigenvalue weighted by Gasteiger charge is -2.23. The second kappa shape index (κ2) is 13.6. The van der Waals surface area contributed by atoms with Crippen LogP contribution in [0, 0.1) is 5.92 Å². The van der Waals surface area contributed by atoms with Crippen molar-refractivity contribution in [1.82, 2.24) is 10.2 Å². The molecule has 1 aromatic rings. The highest BCUT2D eigenvalue weighted by atomic mass is 127. The van der Waals surface area contributed by atoms with Gasteiger partial charge in [0.1, 0.15) is 0 Å². The van der Waals surface area contributed by atoms with Crippen LogP contribution < -0.4 is 5.32 Å². The molecule has 0 atom stereocenters. The molecule has 1 fully saturated rings. The number of benzene rings is 1. The smallest absolute Gasteiger partial charge is 0.193 e. The molecule has 0 saturated carbocycles. The van der Waals surface area contributed by atoms with Gasteiger partial charge in [0.05, 0.1) is 0 Å². The Hall–Kier alpha value is -0.570. The molecule has 0 amide bonds. The van der Waals surface area contributed by atoms with Crippen molar-refractivity contribution in [2.75, 3.05) is 47.1 Å². The van der Waals surface area contributed by atoms with Crippen molar-refractivity contribution >= 4 is 41.5 Å². The fraction of sp³-hybridized carbons (Fsp3) is 0.632. The second-order valence-corrected chi connectivity index (χ2v) is 6.81. The van der Waals surface area contributed by atoms with E-state index in [0.717, 1.165) is 75.3 Å². The first-order valence-electron chi connectivity index (χ1n) is 9.01. The number of hydrogen-bond donors (Lipinski definition) is 1. The van der Waals surface area contributed by atoms with Crippen LogP contribution in [0.4, 0.5) is 0 Å². The lowest BCUT2D eigenvalue weighted by molar-refractivity contribution is 0.0203. The highest BCUT2D eigenvalue weighted by Gasteiger charge is 2.13. The van der Waals surface area contributed by atoms with Crippen LogP contribution >= 0.6 is 35.6 Å². The first kappa shape index (κ1) is 23.5. The summed E-state index contributed by atoms with van der Waals surface area (Å²) in [5.41, 5.74) is 1.09. The molecule has 2 rings (SSSR count). The summed E-state index contributed by atoms with van der Waals surface area (Å²) in [6, 6.07) is 7.90. The topological polar surface area (TPSA) is 46.1 Å². The largest absolute Gasteiger partial charge is 0.381 e. The first-order valence-corrected chi connectivity index (χ1v) is 9.39. The first-order chi connectivity index (χ1) is 12.2. The van der Waals surface area contributed by atoms with Gasteiger partial charge in [0.15, 0.2) is 5.96 Å². The molecule has 1 aliphatic rings. The summed E-state index contributed by atoms with van der Waals surface area (Å²) in [6.07, 6.45) is 3.21. The minimum absolute atomic E-state index is 0. The number of halogens is 2. The second-order valence-electron chi connectivity index (χ2n) is 6.41. The Morgan fingerprint density at radius 2 is 2.08 bits per heavy atom. The molecule has 0 radical (unpaired) electrons. The molecule has 7 heteroatoms. The van der Waals surface area contributed by atoms with Crippen molar-refractivity contribution in [3.8, 4) is 0 Å². The van der Waals surface area contributed by atoms with E-state index in [0.29, 0.717) is 5.92 Å². The van der Waals surface area contributed by atoms with Gasteiger partial charge in [0.25, 0.3) is 0 Å². The Bertz CT molecular complexity index is 539. The molecule has 0 spiro atoms. The van der Waals surface area contributed by atoms with E-state index in [1.165, 1.54) is 0 Å². The molecule has 5 nitrogen and oxygen atoms in total. The van der Waals surface area contributed by atoms with E-state index in [4.69, 9.17) is 21.1 Å². The predicted molar refractivity (Wildman–Crippen MR) is 119 cm³/mol. The Balaban J connectivity index is 0.00000338. The van der Waals surface area contributed by atoms with Crippen molar-refractivity contribution in [3.63, 3.8) is 0 Å². The summed E-state index contributed by atoms with van der Waals surface area (Å²) in [5, 5.41) is 4.16. The number of nitrogens with one attached hydrogen (secondary N) is 1. The number of ether oxygens (including phenoxy) is 2. The molecular formula is C19H31ClIN3O2. The lowest BCUT2D eigenvalue weighted by atomic mass is 10.0. The molecule has 1 heterocycles. The average molecular weight is 496 g/mol. The Morgan fingerprint density at radius 3 is 2.77 bits per heavy atom. The SMILES string of the molecule is CN=C(NCCCOCC1CCOCC1)N(C)Cc1ccccc1Cl.I. The number of aliphatic imine (C=N–C) groups is 1. The number of guanidine groups is 1. The molecular weight excluding hydrogens is 465 g/mol. The van der Waals surface area contributed by atoms with Gasteiger partial charge in [0, 0.05) is 58.6 Å². The van der Waals surface area contributed by atoms with Crippen LogP contribution in [0.1, 0.15) is 24.8 Å². The monoisotopic (exact) mass is 495 g/mol. The zero-order valence-electron chi connectivity index (χ0n) is 15.7. The van der Waals surface area contributed by atoms with Crippen LogP contribution in [-0.2, 0) is 16.0 Å². The van der Waals surface area contributed by atoms with Gasteiger partial charge in [-0.2, -0.15) is 0 Å². The number of nitrogens with zero attached hydrogens (tertiary/aromatic N) is 2. The highest BCUT2D eigenvalue weighted by Crippen LogP contribution is 2.16. The van der Waals surface area contributed by atoms with E-state index in [-0.39, 0.29) is 24.0 Å². The van der Waals surface area contributed by atoms with Gasteiger partial charge in [0.2, 0.25) is 0 Å². The Kier molecular flexibility index (Phi) is 12.3. The van der Waals surface area contributed by atoms with Gasteiger partial charge in [-0.05, 0) is 36.8 Å². The molecule has 0 aromatic heterocycles. The third-order valence-corrected chi connectivity index (χ3v) is 4.75. The van der Waals surface area contributed by atoms with Gasteiger partial charge in [-0.15, -0.1) is 24.0 Å². The standard InChI is InChI=1S/C19H30ClN3O2.HI/c1-21-19(23(2)14-17-6-3-4-7-18(17)20)22-10-5-11-25-15-16-8-12-24-13-9-16;/h3-4,6-7,16H,5,8-15H2,1-2H3,(H,21,22);1H. The van der Waals surface area contributed by atoms with Crippen molar-refractivity contribution in [2.45, 2.75) is 25.8 Å². The van der Waals surface area contributed by atoms with Crippen LogP contribution in [0.15, 0.2) is 29.3 Å². The van der Waals surface area contributed by atoms with Gasteiger partial charge >= 0.3 is 0 Å². The van der Waals surface area contributed by atoms with Crippen LogP contribution in [0.5, 0.6) is 0 Å². The van der Waals surface area contributed by atoms with Crippen LogP contribution in [0.25, 0.3) is 0 Å². The Labute approximate surface area is 179 Å². The van der Waals surface area contributed by atoms with Crippen molar-refractivity contribution in [1.29, 1.82) is 0 Å².